The molecule has 12 heteroatoms. The second-order valence-corrected chi connectivity index (χ2v) is 9.37. The Morgan fingerprint density at radius 2 is 2.08 bits per heavy atom. The van der Waals surface area contributed by atoms with Crippen LogP contribution in [0.25, 0.3) is 0 Å². The first kappa shape index (κ1) is 25.9. The van der Waals surface area contributed by atoms with Crippen LogP contribution in [0.4, 0.5) is 13.2 Å². The third-order valence-corrected chi connectivity index (χ3v) is 7.11. The molecule has 0 saturated carbocycles. The molecule has 1 saturated heterocycles. The molecule has 1 unspecified atom stereocenters. The number of thiazole rings is 1. The van der Waals surface area contributed by atoms with E-state index in [1.807, 2.05) is 11.0 Å². The second kappa shape index (κ2) is 11.7. The van der Waals surface area contributed by atoms with Gasteiger partial charge in [0.1, 0.15) is 17.6 Å². The van der Waals surface area contributed by atoms with Gasteiger partial charge in [-0.2, -0.15) is 5.26 Å². The Balaban J connectivity index is 1.47. The molecule has 0 spiro atoms. The molecule has 0 aliphatic carbocycles. The van der Waals surface area contributed by atoms with E-state index >= 15 is 0 Å². The van der Waals surface area contributed by atoms with E-state index in [1.165, 1.54) is 23.8 Å². The number of nitriles is 1. The average molecular weight is 536 g/mol. The highest BCUT2D eigenvalue weighted by Gasteiger charge is 2.32. The van der Waals surface area contributed by atoms with Gasteiger partial charge in [-0.25, -0.2) is 23.1 Å². The van der Waals surface area contributed by atoms with Gasteiger partial charge in [0.25, 0.3) is 12.3 Å². The molecule has 1 atom stereocenters. The van der Waals surface area contributed by atoms with Crippen molar-refractivity contribution in [2.24, 2.45) is 0 Å². The lowest BCUT2D eigenvalue weighted by Crippen LogP contribution is -2.44. The van der Waals surface area contributed by atoms with E-state index < -0.39 is 24.2 Å². The number of ether oxygens (including phenoxy) is 1. The van der Waals surface area contributed by atoms with Crippen molar-refractivity contribution in [2.75, 3.05) is 19.6 Å². The normalized spacial score (nSPS) is 15.4. The summed E-state index contributed by atoms with van der Waals surface area (Å²) in [6.07, 6.45) is -0.300. The summed E-state index contributed by atoms with van der Waals surface area (Å²) in [6.45, 7) is 0.942. The molecule has 1 aromatic carbocycles. The predicted octanol–water partition coefficient (Wildman–Crippen LogP) is 5.15. The lowest BCUT2D eigenvalue weighted by molar-refractivity contribution is 0.0681. The van der Waals surface area contributed by atoms with E-state index in [4.69, 9.17) is 21.6 Å². The molecule has 7 nitrogen and oxygen atoms in total. The van der Waals surface area contributed by atoms with Crippen LogP contribution in [0.1, 0.15) is 51.8 Å². The summed E-state index contributed by atoms with van der Waals surface area (Å²) in [6, 6.07) is 8.50. The lowest BCUT2D eigenvalue weighted by Gasteiger charge is -2.37. The minimum atomic E-state index is -2.77. The highest BCUT2D eigenvalue weighted by Crippen LogP contribution is 2.34. The molecule has 0 bridgehead atoms. The van der Waals surface area contributed by atoms with E-state index in [1.54, 1.807) is 12.1 Å². The van der Waals surface area contributed by atoms with Gasteiger partial charge in [-0.15, -0.1) is 11.3 Å². The third kappa shape index (κ3) is 5.95. The Bertz CT molecular complexity index is 1240. The number of pyridine rings is 1. The van der Waals surface area contributed by atoms with Crippen molar-refractivity contribution in [3.8, 4) is 11.9 Å². The number of piperidine rings is 1. The molecule has 1 aliphatic rings. The Labute approximate surface area is 214 Å². The van der Waals surface area contributed by atoms with Crippen LogP contribution in [0.15, 0.2) is 42.0 Å². The zero-order valence-corrected chi connectivity index (χ0v) is 20.4. The Hall–Kier alpha value is -3.20. The summed E-state index contributed by atoms with van der Waals surface area (Å²) < 4.78 is 47.4. The summed E-state index contributed by atoms with van der Waals surface area (Å²) in [5, 5.41) is 11.7. The molecule has 3 aromatic rings. The summed E-state index contributed by atoms with van der Waals surface area (Å²) in [5.41, 5.74) is 1.16. The van der Waals surface area contributed by atoms with Crippen molar-refractivity contribution in [1.82, 2.24) is 20.2 Å². The number of rotatable bonds is 8. The number of carbonyl (C=O) groups is 1. The molecule has 188 valence electrons. The fourth-order valence-electron chi connectivity index (χ4n) is 4.08. The standard InChI is InChI=1S/C24H21ClF3N5O2S/c25-16-2-1-3-17(26)20(16)24(34)31-12-18(22-21(23(27)28)32-13-36-22)33-8-5-15(6-9-33)35-19-10-14(11-29)4-7-30-19/h1-4,7,10,13,15,18,23H,5-6,8-9,12H2,(H,31,34). The molecule has 36 heavy (non-hydrogen) atoms. The molecular weight excluding hydrogens is 515 g/mol. The number of alkyl halides is 2. The molecular formula is C24H21ClF3N5O2S. The number of halogens is 4. The fourth-order valence-corrected chi connectivity index (χ4v) is 5.26. The molecule has 4 rings (SSSR count). The SMILES string of the molecule is N#Cc1ccnc(OC2CCN(C(CNC(=O)c3c(F)cccc3Cl)c3scnc3C(F)F)CC2)c1. The zero-order valence-electron chi connectivity index (χ0n) is 18.8. The van der Waals surface area contributed by atoms with Crippen molar-refractivity contribution >= 4 is 28.8 Å². The van der Waals surface area contributed by atoms with Crippen LogP contribution in [-0.2, 0) is 0 Å². The van der Waals surface area contributed by atoms with Crippen LogP contribution in [0.2, 0.25) is 5.02 Å². The molecule has 2 aromatic heterocycles. The third-order valence-electron chi connectivity index (χ3n) is 5.85. The molecule has 1 N–H and O–H groups in total. The lowest BCUT2D eigenvalue weighted by atomic mass is 10.0. The molecule has 1 amide bonds. The van der Waals surface area contributed by atoms with Crippen molar-refractivity contribution in [1.29, 1.82) is 5.26 Å². The number of amides is 1. The first-order chi connectivity index (χ1) is 17.4. The fraction of sp³-hybridized carbons (Fsp3) is 0.333. The van der Waals surface area contributed by atoms with Gasteiger partial charge in [0, 0.05) is 31.9 Å². The number of benzene rings is 1. The molecule has 3 heterocycles. The predicted molar refractivity (Wildman–Crippen MR) is 128 cm³/mol. The molecule has 0 radical (unpaired) electrons. The Morgan fingerprint density at radius 3 is 2.78 bits per heavy atom. The van der Waals surface area contributed by atoms with Gasteiger partial charge in [0.15, 0.2) is 0 Å². The van der Waals surface area contributed by atoms with E-state index in [-0.39, 0.29) is 28.9 Å². The molecule has 1 aliphatic heterocycles. The van der Waals surface area contributed by atoms with Crippen LogP contribution >= 0.6 is 22.9 Å². The summed E-state index contributed by atoms with van der Waals surface area (Å²) >= 11 is 7.09. The topological polar surface area (TPSA) is 91.1 Å². The highest BCUT2D eigenvalue weighted by molar-refractivity contribution is 7.09. The maximum Gasteiger partial charge on any atom is 0.281 e. The minimum Gasteiger partial charge on any atom is -0.474 e. The number of carbonyl (C=O) groups excluding carboxylic acids is 1. The number of aromatic nitrogens is 2. The van der Waals surface area contributed by atoms with Crippen LogP contribution < -0.4 is 10.1 Å². The number of hydrogen-bond donors (Lipinski definition) is 1. The Morgan fingerprint density at radius 1 is 1.31 bits per heavy atom. The Kier molecular flexibility index (Phi) is 8.40. The van der Waals surface area contributed by atoms with Crippen LogP contribution in [0.3, 0.4) is 0 Å². The quantitative estimate of drug-likeness (QED) is 0.429. The maximum atomic E-state index is 14.2. The highest BCUT2D eigenvalue weighted by atomic mass is 35.5. The largest absolute Gasteiger partial charge is 0.474 e. The first-order valence-electron chi connectivity index (χ1n) is 11.1. The van der Waals surface area contributed by atoms with Crippen molar-refractivity contribution < 1.29 is 22.7 Å². The van der Waals surface area contributed by atoms with E-state index in [0.717, 1.165) is 17.4 Å². The monoisotopic (exact) mass is 535 g/mol. The molecule has 1 fully saturated rings. The van der Waals surface area contributed by atoms with Gasteiger partial charge in [0.2, 0.25) is 5.88 Å². The van der Waals surface area contributed by atoms with Crippen LogP contribution in [-0.4, -0.2) is 46.5 Å². The van der Waals surface area contributed by atoms with Gasteiger partial charge < -0.3 is 10.1 Å². The van der Waals surface area contributed by atoms with Gasteiger partial charge >= 0.3 is 0 Å². The number of nitrogens with one attached hydrogen (secondary N) is 1. The number of likely N-dealkylation sites (tertiary alicyclic amines) is 1. The van der Waals surface area contributed by atoms with E-state index in [2.05, 4.69) is 15.3 Å². The zero-order chi connectivity index (χ0) is 25.7. The van der Waals surface area contributed by atoms with Gasteiger partial charge in [-0.3, -0.25) is 9.69 Å². The van der Waals surface area contributed by atoms with E-state index in [9.17, 15) is 18.0 Å². The van der Waals surface area contributed by atoms with Crippen molar-refractivity contribution in [3.05, 3.63) is 74.6 Å². The summed E-state index contributed by atoms with van der Waals surface area (Å²) in [5.74, 6) is -1.15. The summed E-state index contributed by atoms with van der Waals surface area (Å²) in [7, 11) is 0. The van der Waals surface area contributed by atoms with Crippen molar-refractivity contribution in [3.63, 3.8) is 0 Å². The minimum absolute atomic E-state index is 0.0390. The van der Waals surface area contributed by atoms with E-state index in [0.29, 0.717) is 42.3 Å². The maximum absolute atomic E-state index is 14.2. The van der Waals surface area contributed by atoms with Crippen LogP contribution in [0.5, 0.6) is 5.88 Å². The van der Waals surface area contributed by atoms with Gasteiger partial charge in [-0.1, -0.05) is 17.7 Å². The van der Waals surface area contributed by atoms with Gasteiger partial charge in [-0.05, 0) is 31.0 Å². The van der Waals surface area contributed by atoms with Crippen LogP contribution in [0, 0.1) is 17.1 Å². The smallest absolute Gasteiger partial charge is 0.281 e. The van der Waals surface area contributed by atoms with Gasteiger partial charge in [0.05, 0.1) is 38.6 Å². The average Bonchev–Trinajstić information content (AvgIpc) is 3.35. The van der Waals surface area contributed by atoms with Crippen molar-refractivity contribution in [2.45, 2.75) is 31.4 Å². The number of nitrogens with zero attached hydrogens (tertiary/aromatic N) is 4. The number of hydrogen-bond acceptors (Lipinski definition) is 7. The first-order valence-corrected chi connectivity index (χ1v) is 12.3. The summed E-state index contributed by atoms with van der Waals surface area (Å²) in [4.78, 5) is 23.0. The second-order valence-electron chi connectivity index (χ2n) is 8.07.